The molecule has 0 atom stereocenters. The van der Waals surface area contributed by atoms with Gasteiger partial charge in [0.2, 0.25) is 0 Å². The van der Waals surface area contributed by atoms with Crippen LogP contribution in [-0.4, -0.2) is 19.1 Å². The summed E-state index contributed by atoms with van der Waals surface area (Å²) in [5.74, 6) is 0.685. The Hall–Kier alpha value is -8.34. The van der Waals surface area contributed by atoms with Crippen LogP contribution < -0.4 is 0 Å². The van der Waals surface area contributed by atoms with Crippen molar-refractivity contribution in [3.05, 3.63) is 224 Å². The van der Waals surface area contributed by atoms with Crippen LogP contribution in [0.2, 0.25) is 0 Å². The molecule has 0 saturated heterocycles. The molecule has 0 aliphatic heterocycles. The molecule has 0 saturated carbocycles. The topological polar surface area (TPSA) is 35.6 Å². The summed E-state index contributed by atoms with van der Waals surface area (Å²) in [6.45, 7) is 0. The molecular formula is C60H40N4. The van der Waals surface area contributed by atoms with Gasteiger partial charge in [0.15, 0.2) is 5.82 Å². The number of fused-ring (bicyclic) bond motifs is 8. The van der Waals surface area contributed by atoms with Crippen LogP contribution in [0.1, 0.15) is 17.7 Å². The Labute approximate surface area is 370 Å². The Balaban J connectivity index is 0.965. The summed E-state index contributed by atoms with van der Waals surface area (Å²) in [6.07, 6.45) is 6.72. The van der Waals surface area contributed by atoms with E-state index in [-0.39, 0.29) is 0 Å². The van der Waals surface area contributed by atoms with Crippen molar-refractivity contribution in [2.45, 2.75) is 12.8 Å². The fourth-order valence-corrected chi connectivity index (χ4v) is 10.1. The second kappa shape index (κ2) is 14.6. The van der Waals surface area contributed by atoms with E-state index in [2.05, 4.69) is 228 Å². The maximum atomic E-state index is 5.32. The molecule has 0 radical (unpaired) electrons. The van der Waals surface area contributed by atoms with Crippen LogP contribution >= 0.6 is 0 Å². The van der Waals surface area contributed by atoms with Crippen molar-refractivity contribution < 1.29 is 0 Å². The highest BCUT2D eigenvalue weighted by atomic mass is 15.0. The highest BCUT2D eigenvalue weighted by Crippen LogP contribution is 2.40. The Morgan fingerprint density at radius 3 is 1.73 bits per heavy atom. The zero-order chi connectivity index (χ0) is 42.1. The average Bonchev–Trinajstić information content (AvgIpc) is 3.88. The molecule has 0 unspecified atom stereocenters. The molecule has 3 aromatic heterocycles. The molecule has 9 aromatic carbocycles. The first-order valence-corrected chi connectivity index (χ1v) is 22.1. The van der Waals surface area contributed by atoms with E-state index in [1.807, 2.05) is 0 Å². The number of rotatable bonds is 6. The van der Waals surface area contributed by atoms with Crippen LogP contribution in [0.3, 0.4) is 0 Å². The lowest BCUT2D eigenvalue weighted by Crippen LogP contribution is -2.02. The van der Waals surface area contributed by atoms with Gasteiger partial charge in [-0.25, -0.2) is 9.97 Å². The van der Waals surface area contributed by atoms with Crippen LogP contribution in [0.5, 0.6) is 0 Å². The number of hydrogen-bond donors (Lipinski definition) is 0. The maximum Gasteiger partial charge on any atom is 0.160 e. The van der Waals surface area contributed by atoms with E-state index in [1.165, 1.54) is 71.3 Å². The van der Waals surface area contributed by atoms with Crippen molar-refractivity contribution in [3.63, 3.8) is 0 Å². The van der Waals surface area contributed by atoms with Crippen molar-refractivity contribution in [1.29, 1.82) is 0 Å². The summed E-state index contributed by atoms with van der Waals surface area (Å²) in [5, 5.41) is 8.50. The van der Waals surface area contributed by atoms with Crippen LogP contribution in [0.25, 0.3) is 117 Å². The third-order valence-electron chi connectivity index (χ3n) is 13.1. The minimum Gasteiger partial charge on any atom is -0.313 e. The van der Waals surface area contributed by atoms with E-state index in [9.17, 15) is 0 Å². The largest absolute Gasteiger partial charge is 0.313 e. The first-order valence-electron chi connectivity index (χ1n) is 22.1. The highest BCUT2D eigenvalue weighted by Gasteiger charge is 2.21. The first-order chi connectivity index (χ1) is 31.7. The molecule has 4 nitrogen and oxygen atoms in total. The predicted octanol–water partition coefficient (Wildman–Crippen LogP) is 15.5. The number of benzene rings is 9. The molecule has 0 bridgehead atoms. The fraction of sp³-hybridized carbons (Fsp3) is 0.0333. The molecule has 4 heteroatoms. The van der Waals surface area contributed by atoms with Gasteiger partial charge in [0, 0.05) is 55.5 Å². The second-order valence-electron chi connectivity index (χ2n) is 16.9. The Morgan fingerprint density at radius 2 is 0.969 bits per heavy atom. The third kappa shape index (κ3) is 5.99. The van der Waals surface area contributed by atoms with Crippen LogP contribution in [0.4, 0.5) is 0 Å². The molecule has 0 N–H and O–H groups in total. The van der Waals surface area contributed by atoms with E-state index < -0.39 is 0 Å². The van der Waals surface area contributed by atoms with Gasteiger partial charge in [-0.05, 0) is 112 Å². The Kier molecular flexibility index (Phi) is 8.31. The SMILES string of the molecule is C1=Cc2c(n(-c3ccccc3)c3ccc(-c4ccc5c6ccccc6n(-c6cccc(-c7nc(-c8ccc9ccccc9c8)cc(-c8ccc9ccccc9c8)n7)c6)c5c4)cc23)CC1. The Bertz CT molecular complexity index is 3750. The van der Waals surface area contributed by atoms with Crippen molar-refractivity contribution in [1.82, 2.24) is 19.1 Å². The molecule has 13 rings (SSSR count). The third-order valence-corrected chi connectivity index (χ3v) is 13.1. The molecule has 0 spiro atoms. The normalized spacial score (nSPS) is 12.5. The molecule has 64 heavy (non-hydrogen) atoms. The Morgan fingerprint density at radius 1 is 0.359 bits per heavy atom. The van der Waals surface area contributed by atoms with Crippen molar-refractivity contribution in [3.8, 4) is 56.4 Å². The maximum absolute atomic E-state index is 5.32. The van der Waals surface area contributed by atoms with Crippen molar-refractivity contribution in [2.75, 3.05) is 0 Å². The van der Waals surface area contributed by atoms with Gasteiger partial charge in [-0.1, -0.05) is 152 Å². The summed E-state index contributed by atoms with van der Waals surface area (Å²) in [6, 6.07) is 74.5. The molecule has 12 aromatic rings. The van der Waals surface area contributed by atoms with Gasteiger partial charge in [0.25, 0.3) is 0 Å². The van der Waals surface area contributed by atoms with Crippen molar-refractivity contribution in [2.24, 2.45) is 0 Å². The van der Waals surface area contributed by atoms with Gasteiger partial charge < -0.3 is 9.13 Å². The summed E-state index contributed by atoms with van der Waals surface area (Å²) < 4.78 is 4.86. The van der Waals surface area contributed by atoms with Gasteiger partial charge >= 0.3 is 0 Å². The lowest BCUT2D eigenvalue weighted by Gasteiger charge is -2.13. The fourth-order valence-electron chi connectivity index (χ4n) is 10.1. The molecule has 0 fully saturated rings. The molecule has 0 amide bonds. The quantitative estimate of drug-likeness (QED) is 0.168. The van der Waals surface area contributed by atoms with Gasteiger partial charge in [0.1, 0.15) is 0 Å². The van der Waals surface area contributed by atoms with E-state index >= 15 is 0 Å². The predicted molar refractivity (Wildman–Crippen MR) is 267 cm³/mol. The molecule has 1 aliphatic rings. The first kappa shape index (κ1) is 36.3. The minimum absolute atomic E-state index is 0.685. The zero-order valence-electron chi connectivity index (χ0n) is 35.0. The standard InChI is InChI=1S/C60H40N4/c1-2-18-48(19-3-1)63-57-24-11-9-22-51(57)53-36-43(30-32-58(53)63)44-29-31-52-50-21-8-10-23-56(50)64(59(52)37-44)49-20-12-17-47(35-49)60-61-54(45-27-25-39-13-4-6-15-41(39)33-45)38-55(62-60)46-28-26-40-14-5-7-16-42(40)34-46/h1-10,12-23,25-38H,11,24H2. The lowest BCUT2D eigenvalue weighted by atomic mass is 9.98. The number of nitrogens with zero attached hydrogens (tertiary/aromatic N) is 4. The summed E-state index contributed by atoms with van der Waals surface area (Å²) in [5.41, 5.74) is 15.8. The summed E-state index contributed by atoms with van der Waals surface area (Å²) in [7, 11) is 0. The van der Waals surface area contributed by atoms with Crippen LogP contribution in [0.15, 0.2) is 212 Å². The van der Waals surface area contributed by atoms with Crippen LogP contribution in [-0.2, 0) is 6.42 Å². The van der Waals surface area contributed by atoms with Crippen molar-refractivity contribution >= 4 is 60.3 Å². The van der Waals surface area contributed by atoms with E-state index in [1.54, 1.807) is 0 Å². The number of allylic oxidation sites excluding steroid dienone is 1. The highest BCUT2D eigenvalue weighted by molar-refractivity contribution is 6.10. The number of hydrogen-bond acceptors (Lipinski definition) is 2. The van der Waals surface area contributed by atoms with Gasteiger partial charge in [-0.2, -0.15) is 0 Å². The van der Waals surface area contributed by atoms with E-state index in [0.717, 1.165) is 57.6 Å². The number of para-hydroxylation sites is 2. The molecule has 1 aliphatic carbocycles. The minimum atomic E-state index is 0.685. The van der Waals surface area contributed by atoms with Gasteiger partial charge in [-0.15, -0.1) is 0 Å². The molecule has 3 heterocycles. The smallest absolute Gasteiger partial charge is 0.160 e. The van der Waals surface area contributed by atoms with Crippen LogP contribution in [0, 0.1) is 0 Å². The average molecular weight is 817 g/mol. The zero-order valence-corrected chi connectivity index (χ0v) is 35.0. The number of aromatic nitrogens is 4. The van der Waals surface area contributed by atoms with E-state index in [4.69, 9.17) is 9.97 Å². The van der Waals surface area contributed by atoms with Gasteiger partial charge in [-0.3, -0.25) is 0 Å². The lowest BCUT2D eigenvalue weighted by molar-refractivity contribution is 0.888. The van der Waals surface area contributed by atoms with E-state index in [0.29, 0.717) is 5.82 Å². The van der Waals surface area contributed by atoms with Gasteiger partial charge in [0.05, 0.1) is 27.9 Å². The molecule has 300 valence electrons. The molecular weight excluding hydrogens is 777 g/mol. The summed E-state index contributed by atoms with van der Waals surface area (Å²) >= 11 is 0. The second-order valence-corrected chi connectivity index (χ2v) is 16.9. The monoisotopic (exact) mass is 816 g/mol. The summed E-state index contributed by atoms with van der Waals surface area (Å²) in [4.78, 5) is 10.6.